The number of carboxylic acid groups (broad SMARTS) is 1. The zero-order chi connectivity index (χ0) is 18.6. The average Bonchev–Trinajstić information content (AvgIpc) is 2.60. The minimum atomic E-state index is -1.28. The van der Waals surface area contributed by atoms with Crippen molar-refractivity contribution in [3.05, 3.63) is 0 Å². The minimum absolute atomic E-state index is 0.240. The second-order valence-electron chi connectivity index (χ2n) is 5.15. The van der Waals surface area contributed by atoms with Crippen LogP contribution in [0.4, 0.5) is 0 Å². The lowest BCUT2D eigenvalue weighted by molar-refractivity contribution is -0.146. The van der Waals surface area contributed by atoms with Crippen molar-refractivity contribution in [3.63, 3.8) is 0 Å². The van der Waals surface area contributed by atoms with Gasteiger partial charge in [-0.15, -0.1) is 0 Å². The molecule has 0 aromatic rings. The molecular weight excluding hydrogens is 334 g/mol. The van der Waals surface area contributed by atoms with Gasteiger partial charge in [0.1, 0.15) is 6.29 Å². The van der Waals surface area contributed by atoms with Gasteiger partial charge < -0.3 is 39.3 Å². The Balaban J connectivity index is 3.05. The van der Waals surface area contributed by atoms with E-state index in [1.807, 2.05) is 0 Å². The summed E-state index contributed by atoms with van der Waals surface area (Å²) < 4.78 is 21.1. The molecule has 1 atom stereocenters. The van der Waals surface area contributed by atoms with E-state index in [0.29, 0.717) is 78.8 Å². The zero-order valence-corrected chi connectivity index (χ0v) is 14.7. The van der Waals surface area contributed by atoms with Gasteiger partial charge in [-0.1, -0.05) is 0 Å². The van der Waals surface area contributed by atoms with Crippen LogP contribution >= 0.6 is 0 Å². The molecule has 1 unspecified atom stereocenters. The molecular formula is C16H31NO8. The summed E-state index contributed by atoms with van der Waals surface area (Å²) in [5.74, 6) is -1.18. The van der Waals surface area contributed by atoms with Crippen LogP contribution in [0, 0.1) is 0 Å². The Hall–Kier alpha value is -1.10. The number of aliphatic carboxylic acids is 1. The summed E-state index contributed by atoms with van der Waals surface area (Å²) in [5, 5.41) is 20.7. The van der Waals surface area contributed by atoms with E-state index in [4.69, 9.17) is 29.2 Å². The second kappa shape index (κ2) is 19.2. The lowest BCUT2D eigenvalue weighted by Gasteiger charge is -2.08. The number of carbonyl (C=O) groups is 2. The number of aliphatic hydroxyl groups is 1. The maximum atomic E-state index is 10.4. The third-order valence-electron chi connectivity index (χ3n) is 3.04. The molecule has 0 fully saturated rings. The summed E-state index contributed by atoms with van der Waals surface area (Å²) in [4.78, 5) is 20.4. The molecule has 0 bridgehead atoms. The van der Waals surface area contributed by atoms with E-state index in [9.17, 15) is 9.59 Å². The summed E-state index contributed by atoms with van der Waals surface area (Å²) in [6, 6.07) is 0. The van der Waals surface area contributed by atoms with Crippen LogP contribution in [-0.4, -0.2) is 94.5 Å². The van der Waals surface area contributed by atoms with Gasteiger partial charge in [-0.3, -0.25) is 0 Å². The highest BCUT2D eigenvalue weighted by Crippen LogP contribution is 1.95. The van der Waals surface area contributed by atoms with E-state index >= 15 is 0 Å². The van der Waals surface area contributed by atoms with Gasteiger partial charge in [0.25, 0.3) is 0 Å². The lowest BCUT2D eigenvalue weighted by Crippen LogP contribution is -2.25. The van der Waals surface area contributed by atoms with E-state index < -0.39 is 12.1 Å². The molecule has 0 heterocycles. The Morgan fingerprint density at radius 1 is 0.880 bits per heavy atom. The van der Waals surface area contributed by atoms with E-state index in [1.54, 1.807) is 0 Å². The van der Waals surface area contributed by atoms with Crippen molar-refractivity contribution in [1.82, 2.24) is 5.32 Å². The van der Waals surface area contributed by atoms with E-state index in [1.165, 1.54) is 0 Å². The second-order valence-corrected chi connectivity index (χ2v) is 5.15. The molecule has 0 saturated carbocycles. The highest BCUT2D eigenvalue weighted by Gasteiger charge is 2.11. The van der Waals surface area contributed by atoms with Crippen molar-refractivity contribution in [2.75, 3.05) is 65.9 Å². The van der Waals surface area contributed by atoms with Crippen LogP contribution < -0.4 is 5.32 Å². The molecule has 0 spiro atoms. The quantitative estimate of drug-likeness (QED) is 0.193. The van der Waals surface area contributed by atoms with Crippen molar-refractivity contribution in [1.29, 1.82) is 0 Å². The summed E-state index contributed by atoms with van der Waals surface area (Å²) in [6.07, 6.45) is 0.782. The monoisotopic (exact) mass is 365 g/mol. The Labute approximate surface area is 148 Å². The number of hydrogen-bond donors (Lipinski definition) is 3. The number of rotatable bonds is 20. The minimum Gasteiger partial charge on any atom is -0.479 e. The third-order valence-corrected chi connectivity index (χ3v) is 3.04. The van der Waals surface area contributed by atoms with Gasteiger partial charge in [0.05, 0.1) is 52.9 Å². The van der Waals surface area contributed by atoms with Gasteiger partial charge >= 0.3 is 5.97 Å². The van der Waals surface area contributed by atoms with Crippen molar-refractivity contribution < 1.29 is 38.7 Å². The van der Waals surface area contributed by atoms with Crippen LogP contribution in [0.25, 0.3) is 0 Å². The zero-order valence-electron chi connectivity index (χ0n) is 14.7. The first-order chi connectivity index (χ1) is 12.2. The molecule has 0 saturated heterocycles. The maximum absolute atomic E-state index is 10.4. The van der Waals surface area contributed by atoms with Crippen LogP contribution in [0.15, 0.2) is 0 Å². The lowest BCUT2D eigenvalue weighted by atomic mass is 10.2. The van der Waals surface area contributed by atoms with Gasteiger partial charge in [0, 0.05) is 13.0 Å². The normalized spacial score (nSPS) is 12.2. The van der Waals surface area contributed by atoms with Crippen molar-refractivity contribution in [2.45, 2.75) is 25.4 Å². The highest BCUT2D eigenvalue weighted by atomic mass is 16.6. The predicted molar refractivity (Wildman–Crippen MR) is 89.7 cm³/mol. The number of nitrogens with one attached hydrogen (secondary N) is 1. The van der Waals surface area contributed by atoms with Gasteiger partial charge in [0.15, 0.2) is 6.10 Å². The van der Waals surface area contributed by atoms with E-state index in [2.05, 4.69) is 5.32 Å². The number of carbonyl (C=O) groups excluding carboxylic acids is 1. The summed E-state index contributed by atoms with van der Waals surface area (Å²) in [5.41, 5.74) is 0. The Morgan fingerprint density at radius 3 is 1.92 bits per heavy atom. The summed E-state index contributed by atoms with van der Waals surface area (Å²) in [6.45, 7) is 5.18. The SMILES string of the molecule is O=CCCOCCOCCOCCOCCNCCCC(O)C(=O)O. The van der Waals surface area contributed by atoms with Crippen LogP contribution in [0.5, 0.6) is 0 Å². The Bertz CT molecular complexity index is 317. The number of hydrogen-bond acceptors (Lipinski definition) is 8. The molecule has 0 aliphatic carbocycles. The Morgan fingerprint density at radius 2 is 1.40 bits per heavy atom. The fraction of sp³-hybridized carbons (Fsp3) is 0.875. The van der Waals surface area contributed by atoms with Crippen LogP contribution in [0.2, 0.25) is 0 Å². The van der Waals surface area contributed by atoms with Crippen molar-refractivity contribution >= 4 is 12.3 Å². The first-order valence-corrected chi connectivity index (χ1v) is 8.54. The summed E-state index contributed by atoms with van der Waals surface area (Å²) >= 11 is 0. The smallest absolute Gasteiger partial charge is 0.332 e. The molecule has 0 aliphatic heterocycles. The number of aldehydes is 1. The van der Waals surface area contributed by atoms with Gasteiger partial charge in [-0.25, -0.2) is 4.79 Å². The van der Waals surface area contributed by atoms with E-state index in [0.717, 1.165) is 6.29 Å². The predicted octanol–water partition coefficient (Wildman–Crippen LogP) is -0.543. The first-order valence-electron chi connectivity index (χ1n) is 8.54. The van der Waals surface area contributed by atoms with Crippen LogP contribution in [-0.2, 0) is 28.5 Å². The summed E-state index contributed by atoms with van der Waals surface area (Å²) in [7, 11) is 0. The number of aliphatic hydroxyl groups excluding tert-OH is 1. The van der Waals surface area contributed by atoms with Crippen LogP contribution in [0.1, 0.15) is 19.3 Å². The first kappa shape index (κ1) is 23.9. The molecule has 3 N–H and O–H groups in total. The standard InChI is InChI=1S/C16H31NO8/c18-6-2-7-22-9-11-24-13-14-25-12-10-23-8-5-17-4-1-3-15(19)16(20)21/h6,15,17,19H,1-5,7-14H2,(H,20,21). The number of carboxylic acids is 1. The topological polar surface area (TPSA) is 124 Å². The average molecular weight is 365 g/mol. The molecule has 0 rings (SSSR count). The van der Waals surface area contributed by atoms with Gasteiger partial charge in [0.2, 0.25) is 0 Å². The Kier molecular flexibility index (Phi) is 18.4. The van der Waals surface area contributed by atoms with Gasteiger partial charge in [-0.05, 0) is 19.4 Å². The van der Waals surface area contributed by atoms with Crippen LogP contribution in [0.3, 0.4) is 0 Å². The van der Waals surface area contributed by atoms with Crippen molar-refractivity contribution in [2.24, 2.45) is 0 Å². The molecule has 25 heavy (non-hydrogen) atoms. The third kappa shape index (κ3) is 19.1. The fourth-order valence-corrected chi connectivity index (χ4v) is 1.71. The fourth-order valence-electron chi connectivity index (χ4n) is 1.71. The molecule has 148 valence electrons. The van der Waals surface area contributed by atoms with Gasteiger partial charge in [-0.2, -0.15) is 0 Å². The molecule has 9 nitrogen and oxygen atoms in total. The molecule has 0 radical (unpaired) electrons. The molecule has 9 heteroatoms. The molecule has 0 aliphatic rings. The molecule has 0 aromatic heterocycles. The number of ether oxygens (including phenoxy) is 4. The molecule has 0 aromatic carbocycles. The van der Waals surface area contributed by atoms with E-state index in [-0.39, 0.29) is 6.42 Å². The molecule has 0 amide bonds. The maximum Gasteiger partial charge on any atom is 0.332 e. The highest BCUT2D eigenvalue weighted by molar-refractivity contribution is 5.71. The van der Waals surface area contributed by atoms with Crippen molar-refractivity contribution in [3.8, 4) is 0 Å². The largest absolute Gasteiger partial charge is 0.479 e.